The Hall–Kier alpha value is -1.27. The minimum atomic E-state index is -0.281. The molecule has 1 aliphatic carbocycles. The number of carbonyl (C=O) groups is 1. The van der Waals surface area contributed by atoms with Crippen LogP contribution in [0.15, 0.2) is 28.7 Å². The Morgan fingerprint density at radius 2 is 2.10 bits per heavy atom. The summed E-state index contributed by atoms with van der Waals surface area (Å²) >= 11 is 4.69. The van der Waals surface area contributed by atoms with Gasteiger partial charge in [-0.25, -0.2) is 4.39 Å². The maximum absolute atomic E-state index is 12.9. The van der Waals surface area contributed by atoms with Crippen molar-refractivity contribution < 1.29 is 9.18 Å². The lowest BCUT2D eigenvalue weighted by Crippen LogP contribution is -2.13. The Morgan fingerprint density at radius 3 is 2.70 bits per heavy atom. The summed E-state index contributed by atoms with van der Waals surface area (Å²) in [6.07, 6.45) is 0.951. The van der Waals surface area contributed by atoms with E-state index in [9.17, 15) is 9.18 Å². The van der Waals surface area contributed by atoms with E-state index in [0.29, 0.717) is 16.6 Å². The Morgan fingerprint density at radius 1 is 1.45 bits per heavy atom. The van der Waals surface area contributed by atoms with Gasteiger partial charge in [-0.05, 0) is 64.1 Å². The Kier molecular flexibility index (Phi) is 3.60. The normalized spacial score (nSPS) is 20.8. The molecule has 2 atom stereocenters. The fourth-order valence-corrected chi connectivity index (χ4v) is 3.49. The van der Waals surface area contributed by atoms with E-state index in [2.05, 4.69) is 32.5 Å². The summed E-state index contributed by atoms with van der Waals surface area (Å²) in [5, 5.41) is 3.60. The fraction of sp³-hybridized carbons (Fsp3) is 0.286. The molecule has 1 saturated carbocycles. The number of anilines is 1. The van der Waals surface area contributed by atoms with Crippen LogP contribution in [0.3, 0.4) is 0 Å². The third-order valence-electron chi connectivity index (χ3n) is 3.44. The molecule has 104 valence electrons. The van der Waals surface area contributed by atoms with Crippen molar-refractivity contribution in [3.05, 3.63) is 34.6 Å². The van der Waals surface area contributed by atoms with Gasteiger partial charge in [0.25, 0.3) is 0 Å². The molecule has 1 N–H and O–H groups in total. The van der Waals surface area contributed by atoms with Crippen LogP contribution in [0.25, 0.3) is 11.3 Å². The zero-order valence-corrected chi connectivity index (χ0v) is 13.1. The van der Waals surface area contributed by atoms with Crippen molar-refractivity contribution in [1.82, 2.24) is 4.37 Å². The summed E-state index contributed by atoms with van der Waals surface area (Å²) in [4.78, 5) is 11.9. The number of aromatic nitrogens is 1. The number of hydrogen-bond donors (Lipinski definition) is 1. The predicted octanol–water partition coefficient (Wildman–Crippen LogP) is 4.31. The minimum absolute atomic E-state index is 0.0486. The van der Waals surface area contributed by atoms with Gasteiger partial charge in [-0.2, -0.15) is 4.37 Å². The molecule has 1 heterocycles. The van der Waals surface area contributed by atoms with Crippen molar-refractivity contribution >= 4 is 38.4 Å². The molecule has 1 aliphatic rings. The number of amides is 1. The Bertz CT molecular complexity index is 656. The van der Waals surface area contributed by atoms with Crippen LogP contribution in [-0.4, -0.2) is 10.3 Å². The maximum Gasteiger partial charge on any atom is 0.228 e. The van der Waals surface area contributed by atoms with Crippen LogP contribution in [0.5, 0.6) is 0 Å². The molecule has 0 bridgehead atoms. The van der Waals surface area contributed by atoms with E-state index in [1.807, 2.05) is 0 Å². The summed E-state index contributed by atoms with van der Waals surface area (Å²) in [5.74, 6) is 0.361. The average molecular weight is 355 g/mol. The lowest BCUT2D eigenvalue weighted by molar-refractivity contribution is -0.117. The summed E-state index contributed by atoms with van der Waals surface area (Å²) in [6, 6.07) is 6.13. The van der Waals surface area contributed by atoms with E-state index in [-0.39, 0.29) is 17.6 Å². The first-order chi connectivity index (χ1) is 9.56. The van der Waals surface area contributed by atoms with E-state index < -0.39 is 0 Å². The molecule has 0 spiro atoms. The second-order valence-corrected chi connectivity index (χ2v) is 6.56. The molecule has 1 fully saturated rings. The van der Waals surface area contributed by atoms with Crippen LogP contribution >= 0.6 is 27.5 Å². The average Bonchev–Trinajstić information content (AvgIpc) is 3.06. The smallest absolute Gasteiger partial charge is 0.228 e. The quantitative estimate of drug-likeness (QED) is 0.892. The SMILES string of the molecule is CC1CC1C(=O)Nc1snc(-c2ccc(F)cc2)c1Br. The van der Waals surface area contributed by atoms with Crippen molar-refractivity contribution in [3.8, 4) is 11.3 Å². The van der Waals surface area contributed by atoms with Gasteiger partial charge in [-0.1, -0.05) is 6.92 Å². The van der Waals surface area contributed by atoms with Gasteiger partial charge in [0, 0.05) is 11.5 Å². The predicted molar refractivity (Wildman–Crippen MR) is 81.1 cm³/mol. The summed E-state index contributed by atoms with van der Waals surface area (Å²) in [7, 11) is 0. The van der Waals surface area contributed by atoms with Crippen molar-refractivity contribution in [3.63, 3.8) is 0 Å². The molecule has 3 nitrogen and oxygen atoms in total. The molecule has 1 amide bonds. The van der Waals surface area contributed by atoms with Crippen LogP contribution in [0, 0.1) is 17.7 Å². The number of carbonyl (C=O) groups excluding carboxylic acids is 1. The van der Waals surface area contributed by atoms with Gasteiger partial charge in [0.05, 0.1) is 4.47 Å². The molecule has 1 aromatic carbocycles. The first kappa shape index (κ1) is 13.7. The van der Waals surface area contributed by atoms with E-state index in [1.165, 1.54) is 23.7 Å². The molecule has 0 radical (unpaired) electrons. The first-order valence-corrected chi connectivity index (χ1v) is 7.85. The summed E-state index contributed by atoms with van der Waals surface area (Å²) < 4.78 is 18.0. The van der Waals surface area contributed by atoms with Gasteiger partial charge in [-0.3, -0.25) is 4.79 Å². The van der Waals surface area contributed by atoms with Gasteiger partial charge in [0.2, 0.25) is 5.91 Å². The van der Waals surface area contributed by atoms with Gasteiger partial charge in [0.15, 0.2) is 0 Å². The standard InChI is InChI=1S/C14H12BrFN2OS/c1-7-6-10(7)13(19)17-14-11(15)12(18-20-14)8-2-4-9(16)5-3-8/h2-5,7,10H,6H2,1H3,(H,17,19). The molecule has 3 rings (SSSR count). The largest absolute Gasteiger partial charge is 0.315 e. The Balaban J connectivity index is 1.81. The third kappa shape index (κ3) is 2.62. The van der Waals surface area contributed by atoms with Gasteiger partial charge in [-0.15, -0.1) is 0 Å². The summed E-state index contributed by atoms with van der Waals surface area (Å²) in [5.41, 5.74) is 1.53. The van der Waals surface area contributed by atoms with E-state index in [0.717, 1.165) is 16.5 Å². The second-order valence-electron chi connectivity index (χ2n) is 4.99. The van der Waals surface area contributed by atoms with Crippen LogP contribution in [0.2, 0.25) is 0 Å². The molecule has 0 aliphatic heterocycles. The summed E-state index contributed by atoms with van der Waals surface area (Å²) in [6.45, 7) is 2.07. The number of nitrogens with zero attached hydrogens (tertiary/aromatic N) is 1. The lowest BCUT2D eigenvalue weighted by Gasteiger charge is -2.02. The number of halogens is 2. The van der Waals surface area contributed by atoms with E-state index >= 15 is 0 Å². The minimum Gasteiger partial charge on any atom is -0.315 e. The van der Waals surface area contributed by atoms with Crippen LogP contribution in [0.4, 0.5) is 9.39 Å². The highest BCUT2D eigenvalue weighted by atomic mass is 79.9. The fourth-order valence-electron chi connectivity index (χ4n) is 2.04. The molecule has 2 unspecified atom stereocenters. The van der Waals surface area contributed by atoms with Crippen molar-refractivity contribution in [2.75, 3.05) is 5.32 Å². The van der Waals surface area contributed by atoms with Crippen molar-refractivity contribution in [2.24, 2.45) is 11.8 Å². The monoisotopic (exact) mass is 354 g/mol. The van der Waals surface area contributed by atoms with Crippen molar-refractivity contribution in [2.45, 2.75) is 13.3 Å². The molecule has 2 aromatic rings. The number of rotatable bonds is 3. The number of nitrogens with one attached hydrogen (secondary N) is 1. The zero-order valence-electron chi connectivity index (χ0n) is 10.7. The lowest BCUT2D eigenvalue weighted by atomic mass is 10.1. The molecular formula is C14H12BrFN2OS. The topological polar surface area (TPSA) is 42.0 Å². The van der Waals surface area contributed by atoms with Crippen LogP contribution in [0.1, 0.15) is 13.3 Å². The van der Waals surface area contributed by atoms with Crippen LogP contribution < -0.4 is 5.32 Å². The molecular weight excluding hydrogens is 343 g/mol. The highest BCUT2D eigenvalue weighted by Gasteiger charge is 2.39. The maximum atomic E-state index is 12.9. The van der Waals surface area contributed by atoms with Gasteiger partial charge in [0.1, 0.15) is 16.5 Å². The molecule has 0 saturated heterocycles. The highest BCUT2D eigenvalue weighted by Crippen LogP contribution is 2.41. The van der Waals surface area contributed by atoms with Gasteiger partial charge >= 0.3 is 0 Å². The van der Waals surface area contributed by atoms with E-state index in [1.54, 1.807) is 12.1 Å². The first-order valence-electron chi connectivity index (χ1n) is 6.28. The molecule has 1 aromatic heterocycles. The molecule has 20 heavy (non-hydrogen) atoms. The number of benzene rings is 1. The second kappa shape index (κ2) is 5.26. The highest BCUT2D eigenvalue weighted by molar-refractivity contribution is 9.10. The Labute approximate surface area is 128 Å². The van der Waals surface area contributed by atoms with E-state index in [4.69, 9.17) is 0 Å². The van der Waals surface area contributed by atoms with Crippen LogP contribution in [-0.2, 0) is 4.79 Å². The molecule has 6 heteroatoms. The van der Waals surface area contributed by atoms with Gasteiger partial charge < -0.3 is 5.32 Å². The zero-order chi connectivity index (χ0) is 14.3. The van der Waals surface area contributed by atoms with Crippen molar-refractivity contribution in [1.29, 1.82) is 0 Å². The third-order valence-corrected chi connectivity index (χ3v) is 5.23. The number of hydrogen-bond acceptors (Lipinski definition) is 3.